The Morgan fingerprint density at radius 1 is 0.508 bits per heavy atom. The van der Waals surface area contributed by atoms with Gasteiger partial charge in [-0.25, -0.2) is 4.79 Å². The van der Waals surface area contributed by atoms with Crippen LogP contribution in [0.5, 0.6) is 0 Å². The molecule has 0 radical (unpaired) electrons. The Hall–Kier alpha value is -2.71. The summed E-state index contributed by atoms with van der Waals surface area (Å²) in [5.74, 6) is -1.48. The first kappa shape index (κ1) is 58.3. The summed E-state index contributed by atoms with van der Waals surface area (Å²) < 4.78 is 17.3. The number of allylic oxidation sites excluding steroid dienone is 8. The number of rotatable bonds is 45. The topological polar surface area (TPSA) is 99.1 Å². The Balaban J connectivity index is 4.26. The van der Waals surface area contributed by atoms with Crippen LogP contribution in [-0.2, 0) is 28.6 Å². The van der Waals surface area contributed by atoms with Crippen LogP contribution in [0, 0.1) is 0 Å². The predicted octanol–water partition coefficient (Wildman–Crippen LogP) is 14.4. The van der Waals surface area contributed by atoms with E-state index in [0.29, 0.717) is 19.3 Å². The van der Waals surface area contributed by atoms with E-state index in [1.165, 1.54) is 116 Å². The van der Waals surface area contributed by atoms with E-state index in [4.69, 9.17) is 14.2 Å². The lowest BCUT2D eigenvalue weighted by Crippen LogP contribution is -2.50. The van der Waals surface area contributed by atoms with Gasteiger partial charge in [-0.15, -0.1) is 0 Å². The maximum atomic E-state index is 12.8. The monoisotopic (exact) mass is 859 g/mol. The molecule has 8 nitrogen and oxygen atoms in total. The van der Waals surface area contributed by atoms with Crippen molar-refractivity contribution in [1.82, 2.24) is 0 Å². The van der Waals surface area contributed by atoms with Crippen LogP contribution in [0.2, 0.25) is 0 Å². The second kappa shape index (κ2) is 43.9. The molecule has 0 bridgehead atoms. The van der Waals surface area contributed by atoms with E-state index in [0.717, 1.165) is 70.6 Å². The van der Waals surface area contributed by atoms with Crippen LogP contribution in [0.1, 0.15) is 219 Å². The fraction of sp³-hybridized carbons (Fsp3) is 0.792. The zero-order valence-electron chi connectivity index (χ0n) is 40.4. The van der Waals surface area contributed by atoms with Crippen molar-refractivity contribution in [2.24, 2.45) is 0 Å². The molecule has 354 valence electrons. The van der Waals surface area contributed by atoms with E-state index >= 15 is 0 Å². The molecule has 0 aliphatic carbocycles. The second-order valence-corrected chi connectivity index (χ2v) is 18.0. The number of aliphatic carboxylic acids is 1. The molecule has 0 rings (SSSR count). The molecule has 0 amide bonds. The van der Waals surface area contributed by atoms with Crippen molar-refractivity contribution in [3.63, 3.8) is 0 Å². The summed E-state index contributed by atoms with van der Waals surface area (Å²) in [4.78, 5) is 37.1. The summed E-state index contributed by atoms with van der Waals surface area (Å²) in [6, 6.07) is -0.618. The molecule has 8 heteroatoms. The molecule has 0 aromatic rings. The molecular weight excluding hydrogens is 763 g/mol. The number of quaternary nitrogens is 1. The van der Waals surface area contributed by atoms with E-state index in [9.17, 15) is 19.5 Å². The largest absolute Gasteiger partial charge is 0.477 e. The summed E-state index contributed by atoms with van der Waals surface area (Å²) in [7, 11) is 5.53. The van der Waals surface area contributed by atoms with Crippen LogP contribution in [0.4, 0.5) is 0 Å². The summed E-state index contributed by atoms with van der Waals surface area (Å²) in [5.41, 5.74) is 0. The lowest BCUT2D eigenvalue weighted by atomic mass is 10.1. The van der Waals surface area contributed by atoms with Crippen molar-refractivity contribution in [2.45, 2.75) is 231 Å². The van der Waals surface area contributed by atoms with Crippen LogP contribution in [0.25, 0.3) is 0 Å². The van der Waals surface area contributed by atoms with Crippen molar-refractivity contribution in [3.05, 3.63) is 48.6 Å². The number of carboxylic acid groups (broad SMARTS) is 1. The number of nitrogens with zero attached hydrogens (tertiary/aromatic N) is 1. The smallest absolute Gasteiger partial charge is 0.362 e. The zero-order valence-corrected chi connectivity index (χ0v) is 40.4. The lowest BCUT2D eigenvalue weighted by molar-refractivity contribution is -0.887. The van der Waals surface area contributed by atoms with Gasteiger partial charge in [-0.1, -0.05) is 178 Å². The van der Waals surface area contributed by atoms with Crippen molar-refractivity contribution in [2.75, 3.05) is 41.0 Å². The Morgan fingerprint density at radius 3 is 1.38 bits per heavy atom. The van der Waals surface area contributed by atoms with E-state index in [1.807, 2.05) is 21.1 Å². The highest BCUT2D eigenvalue weighted by Gasteiger charge is 2.31. The van der Waals surface area contributed by atoms with Crippen LogP contribution in [-0.4, -0.2) is 80.6 Å². The van der Waals surface area contributed by atoms with Crippen LogP contribution < -0.4 is 0 Å². The molecule has 1 N–H and O–H groups in total. The number of hydrogen-bond acceptors (Lipinski definition) is 6. The molecule has 0 saturated heterocycles. The minimum Gasteiger partial charge on any atom is -0.477 e. The highest BCUT2D eigenvalue weighted by Crippen LogP contribution is 2.15. The van der Waals surface area contributed by atoms with E-state index in [-0.39, 0.29) is 36.2 Å². The molecule has 61 heavy (non-hydrogen) atoms. The van der Waals surface area contributed by atoms with Crippen LogP contribution in [0.15, 0.2) is 48.6 Å². The van der Waals surface area contributed by atoms with Gasteiger partial charge in [-0.05, 0) is 70.6 Å². The molecule has 0 spiro atoms. The summed E-state index contributed by atoms with van der Waals surface area (Å²) in [6.07, 6.45) is 53.0. The van der Waals surface area contributed by atoms with Gasteiger partial charge in [0.25, 0.3) is 0 Å². The zero-order chi connectivity index (χ0) is 44.9. The Morgan fingerprint density at radius 2 is 0.918 bits per heavy atom. The first-order chi connectivity index (χ1) is 29.6. The predicted molar refractivity (Wildman–Crippen MR) is 257 cm³/mol. The molecule has 0 aliphatic rings. The van der Waals surface area contributed by atoms with Crippen molar-refractivity contribution < 1.29 is 38.2 Å². The number of ether oxygens (including phenoxy) is 3. The fourth-order valence-corrected chi connectivity index (χ4v) is 7.34. The Kier molecular flexibility index (Phi) is 42.0. The van der Waals surface area contributed by atoms with Gasteiger partial charge in [0.15, 0.2) is 12.1 Å². The first-order valence-electron chi connectivity index (χ1n) is 25.2. The standard InChI is InChI=1S/C53H95NO7/c1-6-8-10-12-14-16-18-20-22-24-25-26-27-28-30-32-34-36-38-40-42-44-52(56)61-49(47-59-46-45-50(53(57)58)54(3,4)5)48-60-51(55)43-41-39-37-35-33-31-29-23-21-19-17-15-13-11-9-7-2/h9,11,15,17,21,23,26-27,49-50H,6-8,10,12-14,16,18-20,22,24-25,28-48H2,1-5H3/p+1/b11-9+,17-15+,23-21+,27-26+. The number of unbranched alkanes of at least 4 members (excludes halogenated alkanes) is 23. The number of carbonyl (C=O) groups is 3. The van der Waals surface area contributed by atoms with Crippen molar-refractivity contribution in [1.29, 1.82) is 0 Å². The van der Waals surface area contributed by atoms with Gasteiger partial charge in [0.05, 0.1) is 34.4 Å². The maximum Gasteiger partial charge on any atom is 0.362 e. The number of hydrogen-bond donors (Lipinski definition) is 1. The van der Waals surface area contributed by atoms with E-state index < -0.39 is 18.1 Å². The number of likely N-dealkylation sites (N-methyl/N-ethyl adjacent to an activating group) is 1. The summed E-state index contributed by atoms with van der Waals surface area (Å²) >= 11 is 0. The third-order valence-electron chi connectivity index (χ3n) is 11.2. The summed E-state index contributed by atoms with van der Waals surface area (Å²) in [5, 5.41) is 9.65. The van der Waals surface area contributed by atoms with Crippen molar-refractivity contribution in [3.8, 4) is 0 Å². The average molecular weight is 859 g/mol. The third-order valence-corrected chi connectivity index (χ3v) is 11.2. The molecule has 2 unspecified atom stereocenters. The first-order valence-corrected chi connectivity index (χ1v) is 25.2. The van der Waals surface area contributed by atoms with Gasteiger partial charge in [0, 0.05) is 19.3 Å². The molecule has 0 aromatic heterocycles. The second-order valence-electron chi connectivity index (χ2n) is 18.0. The van der Waals surface area contributed by atoms with Gasteiger partial charge in [0.2, 0.25) is 0 Å². The van der Waals surface area contributed by atoms with Gasteiger partial charge in [0.1, 0.15) is 6.61 Å². The number of carboxylic acids is 1. The van der Waals surface area contributed by atoms with Gasteiger partial charge >= 0.3 is 17.9 Å². The minimum absolute atomic E-state index is 0.0551. The minimum atomic E-state index is -0.877. The van der Waals surface area contributed by atoms with Gasteiger partial charge in [-0.3, -0.25) is 9.59 Å². The molecule has 0 aromatic carbocycles. The molecule has 0 saturated carbocycles. The van der Waals surface area contributed by atoms with E-state index in [1.54, 1.807) is 0 Å². The SMILES string of the molecule is CC/C=C/C/C=C/C/C=C/CCCCCCCCC(=O)OCC(COCCC(C(=O)O)[N+](C)(C)C)OC(=O)CCCCCCCCC/C=C/CCCCCCCCCCCC. The quantitative estimate of drug-likeness (QED) is 0.0282. The van der Waals surface area contributed by atoms with E-state index in [2.05, 4.69) is 62.5 Å². The fourth-order valence-electron chi connectivity index (χ4n) is 7.34. The highest BCUT2D eigenvalue weighted by atomic mass is 16.6. The van der Waals surface area contributed by atoms with Crippen molar-refractivity contribution >= 4 is 17.9 Å². The van der Waals surface area contributed by atoms with Gasteiger partial charge in [-0.2, -0.15) is 0 Å². The molecule has 2 atom stereocenters. The molecule has 0 aliphatic heterocycles. The van der Waals surface area contributed by atoms with Gasteiger partial charge < -0.3 is 23.8 Å². The number of carbonyl (C=O) groups excluding carboxylic acids is 2. The Labute approximate surface area is 376 Å². The molecule has 0 fully saturated rings. The normalized spacial score (nSPS) is 13.3. The third kappa shape index (κ3) is 42.4. The van der Waals surface area contributed by atoms with Crippen LogP contribution >= 0.6 is 0 Å². The highest BCUT2D eigenvalue weighted by molar-refractivity contribution is 5.72. The lowest BCUT2D eigenvalue weighted by Gasteiger charge is -2.31. The number of esters is 2. The molecular formula is C53H96NO7+. The average Bonchev–Trinajstić information content (AvgIpc) is 3.22. The maximum absolute atomic E-state index is 12.8. The molecule has 0 heterocycles. The Bertz CT molecular complexity index is 1140. The van der Waals surface area contributed by atoms with Crippen LogP contribution in [0.3, 0.4) is 0 Å². The summed E-state index contributed by atoms with van der Waals surface area (Å²) in [6.45, 7) is 4.63.